The number of oxazole rings is 1. The average Bonchev–Trinajstić information content (AvgIpc) is 3.44. The van der Waals surface area contributed by atoms with Crippen LogP contribution in [-0.2, 0) is 11.2 Å². The molecule has 0 aliphatic carbocycles. The Labute approximate surface area is 189 Å². The molecule has 1 N–H and O–H groups in total. The van der Waals surface area contributed by atoms with Crippen molar-refractivity contribution in [2.45, 2.75) is 19.8 Å². The number of amides is 1. The number of carbonyl (C=O) groups excluding carboxylic acids is 1. The van der Waals surface area contributed by atoms with Crippen molar-refractivity contribution in [3.05, 3.63) is 96.4 Å². The maximum atomic E-state index is 13.1. The van der Waals surface area contributed by atoms with Crippen molar-refractivity contribution < 1.29 is 13.6 Å². The van der Waals surface area contributed by atoms with Gasteiger partial charge in [0, 0.05) is 30.2 Å². The molecule has 0 fully saturated rings. The molecule has 3 heterocycles. The topological polar surface area (TPSA) is 72.4 Å². The molecule has 0 saturated carbocycles. The van der Waals surface area contributed by atoms with E-state index >= 15 is 0 Å². The lowest BCUT2D eigenvalue weighted by Gasteiger charge is -2.08. The predicted molar refractivity (Wildman–Crippen MR) is 124 cm³/mol. The zero-order valence-corrected chi connectivity index (χ0v) is 18.0. The van der Waals surface area contributed by atoms with Gasteiger partial charge >= 0.3 is 0 Å². The lowest BCUT2D eigenvalue weighted by Crippen LogP contribution is -2.14. The van der Waals surface area contributed by atoms with E-state index in [1.807, 2.05) is 60.0 Å². The third-order valence-corrected chi connectivity index (χ3v) is 5.32. The number of carbonyl (C=O) groups is 1. The minimum absolute atomic E-state index is 0.169. The van der Waals surface area contributed by atoms with Crippen LogP contribution in [0.25, 0.3) is 28.2 Å². The first-order chi connectivity index (χ1) is 16.1. The third kappa shape index (κ3) is 4.39. The Hall–Kier alpha value is -4.26. The first-order valence-electron chi connectivity index (χ1n) is 10.6. The maximum Gasteiger partial charge on any atom is 0.226 e. The molecule has 33 heavy (non-hydrogen) atoms. The summed E-state index contributed by atoms with van der Waals surface area (Å²) in [7, 11) is 0. The molecular weight excluding hydrogens is 419 g/mol. The lowest BCUT2D eigenvalue weighted by molar-refractivity contribution is -0.116. The van der Waals surface area contributed by atoms with Crippen LogP contribution < -0.4 is 5.32 Å². The van der Waals surface area contributed by atoms with Gasteiger partial charge in [-0.3, -0.25) is 9.20 Å². The first-order valence-corrected chi connectivity index (χ1v) is 10.6. The van der Waals surface area contributed by atoms with Crippen LogP contribution in [0.5, 0.6) is 0 Å². The zero-order chi connectivity index (χ0) is 22.8. The third-order valence-electron chi connectivity index (χ3n) is 5.32. The van der Waals surface area contributed by atoms with Crippen molar-refractivity contribution in [1.29, 1.82) is 0 Å². The number of rotatable bonds is 6. The van der Waals surface area contributed by atoms with Crippen molar-refractivity contribution >= 4 is 17.4 Å². The fraction of sp³-hybridized carbons (Fsp3) is 0.115. The number of pyridine rings is 1. The monoisotopic (exact) mass is 440 g/mol. The summed E-state index contributed by atoms with van der Waals surface area (Å²) in [6.07, 6.45) is 4.06. The van der Waals surface area contributed by atoms with E-state index in [1.165, 1.54) is 12.1 Å². The van der Waals surface area contributed by atoms with E-state index in [2.05, 4.69) is 10.3 Å². The zero-order valence-electron chi connectivity index (χ0n) is 18.0. The van der Waals surface area contributed by atoms with Gasteiger partial charge in [0.15, 0.2) is 11.7 Å². The molecule has 0 saturated heterocycles. The van der Waals surface area contributed by atoms with Gasteiger partial charge in [-0.2, -0.15) is 0 Å². The van der Waals surface area contributed by atoms with Crippen molar-refractivity contribution in [1.82, 2.24) is 14.4 Å². The Morgan fingerprint density at radius 1 is 1.03 bits per heavy atom. The van der Waals surface area contributed by atoms with Crippen molar-refractivity contribution in [3.63, 3.8) is 0 Å². The van der Waals surface area contributed by atoms with Gasteiger partial charge in [0.05, 0.1) is 6.20 Å². The summed E-state index contributed by atoms with van der Waals surface area (Å²) in [5, 5.41) is 3.02. The number of nitrogens with one attached hydrogen (secondary N) is 1. The highest BCUT2D eigenvalue weighted by atomic mass is 19.1. The molecule has 0 unspecified atom stereocenters. The molecule has 164 valence electrons. The Morgan fingerprint density at radius 3 is 2.61 bits per heavy atom. The van der Waals surface area contributed by atoms with Crippen LogP contribution >= 0.6 is 0 Å². The highest BCUT2D eigenvalue weighted by Gasteiger charge is 2.17. The van der Waals surface area contributed by atoms with E-state index in [0.29, 0.717) is 29.6 Å². The number of anilines is 1. The molecule has 6 nitrogen and oxygen atoms in total. The van der Waals surface area contributed by atoms with Gasteiger partial charge in [-0.15, -0.1) is 0 Å². The normalized spacial score (nSPS) is 11.1. The van der Waals surface area contributed by atoms with Gasteiger partial charge in [0.25, 0.3) is 0 Å². The summed E-state index contributed by atoms with van der Waals surface area (Å²) in [6.45, 7) is 1.99. The number of aryl methyl sites for hydroxylation is 2. The summed E-state index contributed by atoms with van der Waals surface area (Å²) in [5.41, 5.74) is 4.18. The van der Waals surface area contributed by atoms with Gasteiger partial charge in [-0.25, -0.2) is 14.4 Å². The molecular formula is C26H21FN4O2. The van der Waals surface area contributed by atoms with Crippen LogP contribution in [0.1, 0.15) is 17.9 Å². The fourth-order valence-corrected chi connectivity index (χ4v) is 3.66. The molecule has 0 atom stereocenters. The molecule has 7 heteroatoms. The molecule has 0 spiro atoms. The number of imidazole rings is 1. The molecule has 0 aliphatic rings. The summed E-state index contributed by atoms with van der Waals surface area (Å²) in [5.74, 6) is 1.13. The van der Waals surface area contributed by atoms with E-state index < -0.39 is 0 Å². The predicted octanol–water partition coefficient (Wildman–Crippen LogP) is 5.68. The number of benzene rings is 2. The Balaban J connectivity index is 1.34. The van der Waals surface area contributed by atoms with E-state index in [4.69, 9.17) is 9.40 Å². The van der Waals surface area contributed by atoms with Crippen LogP contribution in [-0.4, -0.2) is 20.3 Å². The van der Waals surface area contributed by atoms with Gasteiger partial charge in [0.2, 0.25) is 5.91 Å². The number of halogens is 1. The van der Waals surface area contributed by atoms with E-state index in [-0.39, 0.29) is 18.1 Å². The number of hydrogen-bond donors (Lipinski definition) is 1. The second-order valence-corrected chi connectivity index (χ2v) is 7.78. The number of fused-ring (bicyclic) bond motifs is 1. The molecule has 5 aromatic rings. The Bertz CT molecular complexity index is 1420. The van der Waals surface area contributed by atoms with Gasteiger partial charge < -0.3 is 9.73 Å². The molecule has 0 aliphatic heterocycles. The summed E-state index contributed by atoms with van der Waals surface area (Å²) in [4.78, 5) is 21.8. The average molecular weight is 440 g/mol. The Morgan fingerprint density at radius 2 is 1.82 bits per heavy atom. The minimum Gasteiger partial charge on any atom is -0.441 e. The highest BCUT2D eigenvalue weighted by molar-refractivity contribution is 5.94. The van der Waals surface area contributed by atoms with E-state index in [0.717, 1.165) is 22.3 Å². The lowest BCUT2D eigenvalue weighted by atomic mass is 10.1. The number of nitrogens with zero attached hydrogens (tertiary/aromatic N) is 3. The number of hydrogen-bond acceptors (Lipinski definition) is 4. The van der Waals surface area contributed by atoms with Crippen molar-refractivity contribution in [3.8, 4) is 22.6 Å². The summed E-state index contributed by atoms with van der Waals surface area (Å²) in [6, 6.07) is 19.7. The van der Waals surface area contributed by atoms with E-state index in [1.54, 1.807) is 18.3 Å². The SMILES string of the molecule is Cc1ccc2nc(-c3ccccc3)c(NC(=O)CCc3ncc(-c4ccc(F)cc4)o3)n2c1. The number of aromatic nitrogens is 3. The second kappa shape index (κ2) is 8.70. The van der Waals surface area contributed by atoms with Crippen LogP contribution in [0.4, 0.5) is 10.2 Å². The molecule has 0 bridgehead atoms. The molecule has 5 rings (SSSR count). The second-order valence-electron chi connectivity index (χ2n) is 7.78. The van der Waals surface area contributed by atoms with Crippen LogP contribution in [0, 0.1) is 12.7 Å². The van der Waals surface area contributed by atoms with Gasteiger partial charge in [-0.05, 0) is 42.8 Å². The quantitative estimate of drug-likeness (QED) is 0.369. The fourth-order valence-electron chi connectivity index (χ4n) is 3.66. The van der Waals surface area contributed by atoms with Gasteiger partial charge in [-0.1, -0.05) is 36.4 Å². The molecule has 3 aromatic heterocycles. The first kappa shape index (κ1) is 20.6. The summed E-state index contributed by atoms with van der Waals surface area (Å²) >= 11 is 0. The summed E-state index contributed by atoms with van der Waals surface area (Å²) < 4.78 is 20.8. The standard InChI is InChI=1S/C26H21FN4O2/c1-17-7-12-22-29-25(19-5-3-2-4-6-19)26(31(22)16-17)30-23(32)13-14-24-28-15-21(33-24)18-8-10-20(27)11-9-18/h2-12,15-16H,13-14H2,1H3,(H,30,32). The molecule has 0 radical (unpaired) electrons. The molecule has 2 aromatic carbocycles. The highest BCUT2D eigenvalue weighted by Crippen LogP contribution is 2.29. The van der Waals surface area contributed by atoms with Gasteiger partial charge in [0.1, 0.15) is 23.0 Å². The maximum absolute atomic E-state index is 13.1. The van der Waals surface area contributed by atoms with Crippen LogP contribution in [0.2, 0.25) is 0 Å². The Kier molecular flexibility index (Phi) is 5.44. The van der Waals surface area contributed by atoms with Crippen molar-refractivity contribution in [2.24, 2.45) is 0 Å². The minimum atomic E-state index is -0.312. The van der Waals surface area contributed by atoms with Crippen LogP contribution in [0.15, 0.2) is 83.5 Å². The molecule has 1 amide bonds. The van der Waals surface area contributed by atoms with E-state index in [9.17, 15) is 9.18 Å². The largest absolute Gasteiger partial charge is 0.441 e. The van der Waals surface area contributed by atoms with Crippen molar-refractivity contribution in [2.75, 3.05) is 5.32 Å². The van der Waals surface area contributed by atoms with Crippen LogP contribution in [0.3, 0.4) is 0 Å². The smallest absolute Gasteiger partial charge is 0.226 e.